The molecule has 1 aromatic heterocycles. The summed E-state index contributed by atoms with van der Waals surface area (Å²) in [6, 6.07) is -1.41. The largest absolute Gasteiger partial charge is 0.477 e. The zero-order valence-corrected chi connectivity index (χ0v) is 15.0. The number of hydrogen-bond acceptors (Lipinski definition) is 9. The molecule has 27 heavy (non-hydrogen) atoms. The number of thiazole rings is 1. The number of carboxylic acids is 1. The van der Waals surface area contributed by atoms with Gasteiger partial charge in [0.15, 0.2) is 10.8 Å². The molecule has 0 aliphatic carbocycles. The van der Waals surface area contributed by atoms with Crippen LogP contribution in [0, 0.1) is 0 Å². The molecule has 2 aliphatic rings. The SMILES string of the molecule is CO/N=C(/C(=O)N[C@@H]1C(=O)N2C(C(=O)O)=C(CO)CCC12)c1csc(N)n1. The standard InChI is InChI=1S/C15H17N5O6S/c1-26-19-9(7-5-27-15(16)17-7)12(22)18-10-8-3-2-6(4-21)11(14(24)25)20(8)13(10)23/h5,8,10,21H,2-4H2,1H3,(H2,16,17)(H,18,22)(H,24,25)/b19-9+/t8?,10-/m0/s1. The van der Waals surface area contributed by atoms with Gasteiger partial charge in [-0.05, 0) is 18.4 Å². The molecule has 3 rings (SSSR count). The molecule has 0 radical (unpaired) electrons. The molecule has 2 aliphatic heterocycles. The van der Waals surface area contributed by atoms with E-state index >= 15 is 0 Å². The number of hydrogen-bond donors (Lipinski definition) is 4. The molecule has 1 saturated heterocycles. The summed E-state index contributed by atoms with van der Waals surface area (Å²) in [6.45, 7) is -0.439. The van der Waals surface area contributed by atoms with E-state index in [1.807, 2.05) is 0 Å². The number of aliphatic carboxylic acids is 1. The van der Waals surface area contributed by atoms with Gasteiger partial charge in [-0.1, -0.05) is 5.16 Å². The maximum absolute atomic E-state index is 12.6. The highest BCUT2D eigenvalue weighted by molar-refractivity contribution is 7.13. The fraction of sp³-hybridized carbons (Fsp3) is 0.400. The Hall–Kier alpha value is -2.99. The fourth-order valence-electron chi connectivity index (χ4n) is 3.20. The van der Waals surface area contributed by atoms with Crippen LogP contribution in [0.2, 0.25) is 0 Å². The number of nitrogens with one attached hydrogen (secondary N) is 1. The van der Waals surface area contributed by atoms with Gasteiger partial charge in [0.2, 0.25) is 0 Å². The predicted molar refractivity (Wildman–Crippen MR) is 93.6 cm³/mol. The Kier molecular flexibility index (Phi) is 5.10. The van der Waals surface area contributed by atoms with Gasteiger partial charge in [-0.25, -0.2) is 9.78 Å². The summed E-state index contributed by atoms with van der Waals surface area (Å²) in [7, 11) is 1.26. The Labute approximate surface area is 157 Å². The third-order valence-corrected chi connectivity index (χ3v) is 5.05. The number of carbonyl (C=O) groups is 3. The first kappa shape index (κ1) is 18.8. The third-order valence-electron chi connectivity index (χ3n) is 4.38. The molecule has 2 atom stereocenters. The lowest BCUT2D eigenvalue weighted by Gasteiger charge is -2.50. The van der Waals surface area contributed by atoms with Gasteiger partial charge >= 0.3 is 5.97 Å². The van der Waals surface area contributed by atoms with Gasteiger partial charge < -0.3 is 26.1 Å². The summed E-state index contributed by atoms with van der Waals surface area (Å²) in [5.74, 6) is -2.54. The van der Waals surface area contributed by atoms with Gasteiger partial charge in [0.05, 0.1) is 12.6 Å². The summed E-state index contributed by atoms with van der Waals surface area (Å²) >= 11 is 1.12. The molecule has 1 aromatic rings. The zero-order chi connectivity index (χ0) is 19.7. The van der Waals surface area contributed by atoms with Crippen LogP contribution in [0.4, 0.5) is 5.13 Å². The highest BCUT2D eigenvalue weighted by Crippen LogP contribution is 2.36. The molecule has 3 heterocycles. The number of amides is 2. The van der Waals surface area contributed by atoms with Crippen molar-refractivity contribution in [2.45, 2.75) is 24.9 Å². The van der Waals surface area contributed by atoms with Gasteiger partial charge in [0, 0.05) is 5.38 Å². The number of anilines is 1. The molecule has 5 N–H and O–H groups in total. The molecule has 11 nitrogen and oxygen atoms in total. The quantitative estimate of drug-likeness (QED) is 0.267. The van der Waals surface area contributed by atoms with Gasteiger partial charge in [-0.2, -0.15) is 0 Å². The van der Waals surface area contributed by atoms with Crippen LogP contribution in [-0.2, 0) is 19.2 Å². The van der Waals surface area contributed by atoms with Crippen molar-refractivity contribution in [3.63, 3.8) is 0 Å². The number of fused-ring (bicyclic) bond motifs is 1. The number of aromatic nitrogens is 1. The summed E-state index contributed by atoms with van der Waals surface area (Å²) in [6.07, 6.45) is 0.740. The van der Waals surface area contributed by atoms with Crippen molar-refractivity contribution in [3.8, 4) is 0 Å². The fourth-order valence-corrected chi connectivity index (χ4v) is 3.74. The van der Waals surface area contributed by atoms with E-state index in [0.717, 1.165) is 16.2 Å². The van der Waals surface area contributed by atoms with Crippen LogP contribution in [-0.4, -0.2) is 69.4 Å². The predicted octanol–water partition coefficient (Wildman–Crippen LogP) is -1.10. The highest BCUT2D eigenvalue weighted by atomic mass is 32.1. The van der Waals surface area contributed by atoms with Crippen LogP contribution in [0.15, 0.2) is 21.8 Å². The highest BCUT2D eigenvalue weighted by Gasteiger charge is 2.53. The zero-order valence-electron chi connectivity index (χ0n) is 14.2. The Morgan fingerprint density at radius 1 is 1.56 bits per heavy atom. The lowest BCUT2D eigenvalue weighted by atomic mass is 9.83. The molecule has 1 unspecified atom stereocenters. The van der Waals surface area contributed by atoms with Crippen molar-refractivity contribution in [3.05, 3.63) is 22.3 Å². The monoisotopic (exact) mass is 395 g/mol. The van der Waals surface area contributed by atoms with Crippen molar-refractivity contribution < 1.29 is 29.4 Å². The number of rotatable bonds is 6. The van der Waals surface area contributed by atoms with E-state index in [1.54, 1.807) is 0 Å². The average Bonchev–Trinajstić information content (AvgIpc) is 3.08. The van der Waals surface area contributed by atoms with Gasteiger partial charge in [0.1, 0.15) is 24.5 Å². The molecule has 0 bridgehead atoms. The van der Waals surface area contributed by atoms with E-state index in [1.165, 1.54) is 12.5 Å². The Balaban J connectivity index is 1.79. The summed E-state index contributed by atoms with van der Waals surface area (Å²) in [5, 5.41) is 26.6. The average molecular weight is 395 g/mol. The van der Waals surface area contributed by atoms with Crippen molar-refractivity contribution in [2.75, 3.05) is 19.5 Å². The van der Waals surface area contributed by atoms with Crippen LogP contribution in [0.1, 0.15) is 18.5 Å². The minimum Gasteiger partial charge on any atom is -0.477 e. The minimum atomic E-state index is -1.29. The first-order valence-corrected chi connectivity index (χ1v) is 8.79. The van der Waals surface area contributed by atoms with Crippen LogP contribution < -0.4 is 11.1 Å². The topological polar surface area (TPSA) is 167 Å². The maximum Gasteiger partial charge on any atom is 0.352 e. The molecular weight excluding hydrogens is 378 g/mol. The van der Waals surface area contributed by atoms with Crippen molar-refractivity contribution in [1.29, 1.82) is 0 Å². The number of β-lactam (4-membered cyclic amide) rings is 1. The number of carboxylic acid groups (broad SMARTS) is 1. The van der Waals surface area contributed by atoms with E-state index in [2.05, 4.69) is 20.3 Å². The summed E-state index contributed by atoms with van der Waals surface area (Å²) < 4.78 is 0. The second kappa shape index (κ2) is 7.32. The molecule has 1 fully saturated rings. The van der Waals surface area contributed by atoms with E-state index < -0.39 is 36.5 Å². The number of aliphatic hydroxyl groups excluding tert-OH is 1. The molecule has 0 saturated carbocycles. The second-order valence-corrected chi connectivity index (χ2v) is 6.76. The van der Waals surface area contributed by atoms with Gasteiger partial charge in [-0.15, -0.1) is 11.3 Å². The van der Waals surface area contributed by atoms with Crippen molar-refractivity contribution >= 4 is 40.0 Å². The van der Waals surface area contributed by atoms with E-state index in [4.69, 9.17) is 5.73 Å². The third kappa shape index (κ3) is 3.24. The smallest absolute Gasteiger partial charge is 0.352 e. The number of carbonyl (C=O) groups excluding carboxylic acids is 2. The van der Waals surface area contributed by atoms with Crippen molar-refractivity contribution in [1.82, 2.24) is 15.2 Å². The Morgan fingerprint density at radius 3 is 2.85 bits per heavy atom. The lowest BCUT2D eigenvalue weighted by Crippen LogP contribution is -2.72. The Morgan fingerprint density at radius 2 is 2.30 bits per heavy atom. The molecule has 12 heteroatoms. The Bertz CT molecular complexity index is 863. The molecule has 144 valence electrons. The van der Waals surface area contributed by atoms with E-state index in [0.29, 0.717) is 12.8 Å². The van der Waals surface area contributed by atoms with Crippen molar-refractivity contribution in [2.24, 2.45) is 5.16 Å². The molecule has 0 aromatic carbocycles. The van der Waals surface area contributed by atoms with Crippen LogP contribution >= 0.6 is 11.3 Å². The lowest BCUT2D eigenvalue weighted by molar-refractivity contribution is -0.155. The van der Waals surface area contributed by atoms with Crippen LogP contribution in [0.5, 0.6) is 0 Å². The normalized spacial score (nSPS) is 22.2. The van der Waals surface area contributed by atoms with E-state index in [9.17, 15) is 24.6 Å². The first-order valence-electron chi connectivity index (χ1n) is 7.91. The van der Waals surface area contributed by atoms with Crippen LogP contribution in [0.3, 0.4) is 0 Å². The number of nitrogens with two attached hydrogens (primary N) is 1. The molecule has 2 amide bonds. The van der Waals surface area contributed by atoms with Gasteiger partial charge in [-0.3, -0.25) is 14.5 Å². The number of nitrogen functional groups attached to an aromatic ring is 1. The second-order valence-electron chi connectivity index (χ2n) is 5.87. The molecule has 0 spiro atoms. The van der Waals surface area contributed by atoms with Gasteiger partial charge in [0.25, 0.3) is 11.8 Å². The number of aliphatic hydroxyl groups is 1. The first-order chi connectivity index (χ1) is 12.9. The minimum absolute atomic E-state index is 0.141. The number of nitrogens with zero attached hydrogens (tertiary/aromatic N) is 3. The summed E-state index contributed by atoms with van der Waals surface area (Å²) in [4.78, 5) is 46.2. The molecular formula is C15H17N5O6S. The summed E-state index contributed by atoms with van der Waals surface area (Å²) in [5.41, 5.74) is 5.70. The maximum atomic E-state index is 12.6. The number of oxime groups is 1. The van der Waals surface area contributed by atoms with E-state index in [-0.39, 0.29) is 27.8 Å². The van der Waals surface area contributed by atoms with Crippen LogP contribution in [0.25, 0.3) is 0 Å².